The third-order valence-electron chi connectivity index (χ3n) is 5.11. The molecule has 0 saturated heterocycles. The molecule has 2 aromatic carbocycles. The quantitative estimate of drug-likeness (QED) is 0.418. The lowest BCUT2D eigenvalue weighted by molar-refractivity contribution is -0.915. The number of rotatable bonds is 10. The van der Waals surface area contributed by atoms with Crippen LogP contribution in [0.4, 0.5) is 0 Å². The molecule has 0 saturated carbocycles. The van der Waals surface area contributed by atoms with Crippen molar-refractivity contribution in [3.63, 3.8) is 0 Å². The second kappa shape index (κ2) is 10.2. The Kier molecular flexibility index (Phi) is 7.38. The zero-order valence-electron chi connectivity index (χ0n) is 18.0. The third kappa shape index (κ3) is 5.68. The van der Waals surface area contributed by atoms with Crippen LogP contribution in [0.15, 0.2) is 47.3 Å². The third-order valence-corrected chi connectivity index (χ3v) is 5.11. The van der Waals surface area contributed by atoms with Crippen LogP contribution >= 0.6 is 0 Å². The summed E-state index contributed by atoms with van der Waals surface area (Å²) in [6.07, 6.45) is -0.737. The van der Waals surface area contributed by atoms with Gasteiger partial charge in [-0.05, 0) is 44.2 Å². The lowest BCUT2D eigenvalue weighted by Crippen LogP contribution is -3.11. The normalized spacial score (nSPS) is 13.0. The number of methoxy groups -OCH3 is 1. The largest absolute Gasteiger partial charge is 0.493 e. The van der Waals surface area contributed by atoms with Crippen LogP contribution in [-0.2, 0) is 6.54 Å². The number of aliphatic hydroxyl groups is 1. The number of nitrogens with zero attached hydrogens (tertiary/aromatic N) is 1. The predicted octanol–water partition coefficient (Wildman–Crippen LogP) is 0.979. The monoisotopic (exact) mass is 426 g/mol. The Morgan fingerprint density at radius 2 is 2.00 bits per heavy atom. The maximum Gasteiger partial charge on any atom is 0.258 e. The van der Waals surface area contributed by atoms with Gasteiger partial charge >= 0.3 is 0 Å². The first-order valence-corrected chi connectivity index (χ1v) is 10.2. The van der Waals surface area contributed by atoms with Gasteiger partial charge in [0.25, 0.3) is 5.56 Å². The molecule has 0 aliphatic carbocycles. The molecule has 0 aliphatic heterocycles. The fourth-order valence-electron chi connectivity index (χ4n) is 3.38. The van der Waals surface area contributed by atoms with E-state index >= 15 is 0 Å². The molecule has 1 aromatic heterocycles. The van der Waals surface area contributed by atoms with Gasteiger partial charge in [-0.2, -0.15) is 0 Å². The molecular formula is C23H28N3O5+. The number of fused-ring (bicyclic) bond motifs is 1. The van der Waals surface area contributed by atoms with Gasteiger partial charge in [-0.3, -0.25) is 9.59 Å². The van der Waals surface area contributed by atoms with Crippen LogP contribution in [0.25, 0.3) is 10.9 Å². The van der Waals surface area contributed by atoms with Gasteiger partial charge in [0, 0.05) is 5.56 Å². The molecule has 0 spiro atoms. The van der Waals surface area contributed by atoms with Crippen molar-refractivity contribution in [2.24, 2.45) is 0 Å². The number of H-pyrrole nitrogens is 1. The highest BCUT2D eigenvalue weighted by molar-refractivity contribution is 5.94. The van der Waals surface area contributed by atoms with E-state index in [9.17, 15) is 14.7 Å². The van der Waals surface area contributed by atoms with Crippen LogP contribution in [-0.4, -0.2) is 53.8 Å². The molecule has 3 rings (SSSR count). The number of carbonyl (C=O) groups is 1. The minimum atomic E-state index is -0.737. The first-order valence-electron chi connectivity index (χ1n) is 10.2. The van der Waals surface area contributed by atoms with Crippen molar-refractivity contribution in [1.29, 1.82) is 0 Å². The first-order chi connectivity index (χ1) is 14.9. The Bertz CT molecular complexity index is 1110. The van der Waals surface area contributed by atoms with Gasteiger partial charge in [-0.1, -0.05) is 12.1 Å². The minimum Gasteiger partial charge on any atom is -0.493 e. The van der Waals surface area contributed by atoms with Crippen molar-refractivity contribution >= 4 is 16.7 Å². The van der Waals surface area contributed by atoms with Crippen molar-refractivity contribution in [3.05, 3.63) is 64.2 Å². The number of aromatic nitrogens is 2. The second-order valence-corrected chi connectivity index (χ2v) is 7.40. The molecule has 0 aliphatic rings. The van der Waals surface area contributed by atoms with Gasteiger partial charge < -0.3 is 24.5 Å². The second-order valence-electron chi connectivity index (χ2n) is 7.40. The van der Waals surface area contributed by atoms with Crippen LogP contribution in [0.5, 0.6) is 11.5 Å². The zero-order valence-corrected chi connectivity index (χ0v) is 18.0. The van der Waals surface area contributed by atoms with E-state index in [0.29, 0.717) is 46.9 Å². The summed E-state index contributed by atoms with van der Waals surface area (Å²) in [4.78, 5) is 32.2. The van der Waals surface area contributed by atoms with Crippen molar-refractivity contribution in [2.75, 3.05) is 26.8 Å². The molecule has 8 heteroatoms. The summed E-state index contributed by atoms with van der Waals surface area (Å²) in [6, 6.07) is 12.2. The van der Waals surface area contributed by atoms with Crippen LogP contribution in [0.1, 0.15) is 30.0 Å². The molecule has 0 fully saturated rings. The van der Waals surface area contributed by atoms with Crippen LogP contribution in [0.3, 0.4) is 0 Å². The van der Waals surface area contributed by atoms with Gasteiger partial charge in [0.1, 0.15) is 25.8 Å². The Morgan fingerprint density at radius 1 is 1.23 bits per heavy atom. The number of ketones is 1. The number of aromatic amines is 1. The molecule has 8 nitrogen and oxygen atoms in total. The number of benzene rings is 2. The Labute approximate surface area is 180 Å². The lowest BCUT2D eigenvalue weighted by Gasteiger charge is -2.21. The fraction of sp³-hybridized carbons (Fsp3) is 0.348. The van der Waals surface area contributed by atoms with Crippen molar-refractivity contribution < 1.29 is 24.3 Å². The summed E-state index contributed by atoms with van der Waals surface area (Å²) in [6.45, 7) is 5.20. The Balaban J connectivity index is 1.62. The number of ether oxygens (including phenoxy) is 2. The zero-order chi connectivity index (χ0) is 22.4. The lowest BCUT2D eigenvalue weighted by atomic mass is 10.1. The summed E-state index contributed by atoms with van der Waals surface area (Å²) in [7, 11) is 1.50. The molecule has 3 N–H and O–H groups in total. The molecule has 31 heavy (non-hydrogen) atoms. The van der Waals surface area contributed by atoms with Crippen molar-refractivity contribution in [3.8, 4) is 11.5 Å². The van der Waals surface area contributed by atoms with E-state index < -0.39 is 6.10 Å². The van der Waals surface area contributed by atoms with Crippen molar-refractivity contribution in [1.82, 2.24) is 9.97 Å². The van der Waals surface area contributed by atoms with Gasteiger partial charge in [0.05, 0.1) is 24.6 Å². The molecule has 0 bridgehead atoms. The number of Topliss-reactive ketones (excluding diaryl/α,β-unsaturated/α-hetero) is 1. The number of quaternary nitrogens is 1. The molecule has 3 aromatic rings. The van der Waals surface area contributed by atoms with E-state index in [2.05, 4.69) is 9.97 Å². The maximum absolute atomic E-state index is 12.3. The summed E-state index contributed by atoms with van der Waals surface area (Å²) in [5.74, 6) is 1.42. The van der Waals surface area contributed by atoms with Gasteiger partial charge in [0.15, 0.2) is 23.1 Å². The molecule has 0 amide bonds. The van der Waals surface area contributed by atoms with Gasteiger partial charge in [-0.15, -0.1) is 0 Å². The smallest absolute Gasteiger partial charge is 0.258 e. The molecule has 0 radical (unpaired) electrons. The van der Waals surface area contributed by atoms with Crippen LogP contribution in [0, 0.1) is 0 Å². The van der Waals surface area contributed by atoms with Gasteiger partial charge in [0.2, 0.25) is 0 Å². The van der Waals surface area contributed by atoms with E-state index in [1.807, 2.05) is 25.1 Å². The molecule has 1 unspecified atom stereocenters. The maximum atomic E-state index is 12.3. The standard InChI is InChI=1S/C23H27N3O5/c1-4-26(13-22-24-19-8-6-5-7-18(19)23(29)25-22)12-17(28)14-31-20-10-9-16(15(2)27)11-21(20)30-3/h5-11,17,28H,4,12-14H2,1-3H3,(H,24,25,29)/p+1/t17-/m0/s1. The van der Waals surface area contributed by atoms with E-state index in [1.165, 1.54) is 14.0 Å². The SMILES string of the molecule is CC[NH+](Cc1nc2ccccc2c(=O)[nH]1)C[C@H](O)COc1ccc(C(C)=O)cc1OC. The number of para-hydroxylation sites is 1. The van der Waals surface area contributed by atoms with E-state index in [4.69, 9.17) is 9.47 Å². The number of likely N-dealkylation sites (N-methyl/N-ethyl adjacent to an activating group) is 1. The summed E-state index contributed by atoms with van der Waals surface area (Å²) >= 11 is 0. The first kappa shape index (κ1) is 22.5. The average molecular weight is 426 g/mol. The molecule has 164 valence electrons. The molecule has 2 atom stereocenters. The molecule has 1 heterocycles. The van der Waals surface area contributed by atoms with E-state index in [-0.39, 0.29) is 17.9 Å². The number of aliphatic hydroxyl groups excluding tert-OH is 1. The number of hydrogen-bond acceptors (Lipinski definition) is 6. The Morgan fingerprint density at radius 3 is 2.71 bits per heavy atom. The van der Waals surface area contributed by atoms with Crippen LogP contribution in [0.2, 0.25) is 0 Å². The van der Waals surface area contributed by atoms with E-state index in [1.54, 1.807) is 24.3 Å². The highest BCUT2D eigenvalue weighted by Gasteiger charge is 2.18. The molecular weight excluding hydrogens is 398 g/mol. The highest BCUT2D eigenvalue weighted by Crippen LogP contribution is 2.28. The number of hydrogen-bond donors (Lipinski definition) is 3. The minimum absolute atomic E-state index is 0.0626. The number of nitrogens with one attached hydrogen (secondary N) is 2. The van der Waals surface area contributed by atoms with Crippen LogP contribution < -0.4 is 19.9 Å². The highest BCUT2D eigenvalue weighted by atomic mass is 16.5. The predicted molar refractivity (Wildman–Crippen MR) is 117 cm³/mol. The summed E-state index contributed by atoms with van der Waals surface area (Å²) in [5, 5.41) is 11.0. The van der Waals surface area contributed by atoms with Crippen molar-refractivity contribution in [2.45, 2.75) is 26.5 Å². The van der Waals surface area contributed by atoms with E-state index in [0.717, 1.165) is 11.4 Å². The average Bonchev–Trinajstić information content (AvgIpc) is 2.77. The van der Waals surface area contributed by atoms with Gasteiger partial charge in [-0.25, -0.2) is 4.98 Å². The number of carbonyl (C=O) groups excluding carboxylic acids is 1. The Hall–Kier alpha value is -3.23. The fourth-order valence-corrected chi connectivity index (χ4v) is 3.38. The summed E-state index contributed by atoms with van der Waals surface area (Å²) in [5.41, 5.74) is 1.02. The topological polar surface area (TPSA) is 106 Å². The summed E-state index contributed by atoms with van der Waals surface area (Å²) < 4.78 is 11.0.